The number of hydrogen-bond donors (Lipinski definition) is 0. The molecule has 0 aliphatic heterocycles. The minimum Gasteiger partial charge on any atom is -0.469 e. The predicted octanol–water partition coefficient (Wildman–Crippen LogP) is 3.32. The molecule has 3 aromatic rings. The number of pyridine rings is 2. The maximum Gasteiger partial charge on any atom is 0.305 e. The minimum atomic E-state index is -0.274. The van der Waals surface area contributed by atoms with Gasteiger partial charge in [-0.15, -0.1) is 0 Å². The van der Waals surface area contributed by atoms with E-state index in [-0.39, 0.29) is 18.3 Å². The van der Waals surface area contributed by atoms with E-state index in [0.29, 0.717) is 24.2 Å². The van der Waals surface area contributed by atoms with E-state index in [9.17, 15) is 9.59 Å². The molecule has 0 saturated carbocycles. The number of nitrogens with zero attached hydrogens (tertiary/aromatic N) is 3. The molecule has 6 nitrogen and oxygen atoms in total. The van der Waals surface area contributed by atoms with Gasteiger partial charge in [-0.2, -0.15) is 0 Å². The lowest BCUT2D eigenvalue weighted by molar-refractivity contribution is -0.140. The van der Waals surface area contributed by atoms with E-state index in [1.54, 1.807) is 30.4 Å². The van der Waals surface area contributed by atoms with Gasteiger partial charge in [0.25, 0.3) is 5.91 Å². The average Bonchev–Trinajstić information content (AvgIpc) is 2.72. The van der Waals surface area contributed by atoms with Gasteiger partial charge in [0.2, 0.25) is 0 Å². The Labute approximate surface area is 157 Å². The van der Waals surface area contributed by atoms with Crippen molar-refractivity contribution in [3.63, 3.8) is 0 Å². The maximum absolute atomic E-state index is 13.1. The summed E-state index contributed by atoms with van der Waals surface area (Å²) in [5.74, 6) is -0.382. The first kappa shape index (κ1) is 18.5. The van der Waals surface area contributed by atoms with Crippen molar-refractivity contribution in [1.82, 2.24) is 14.9 Å². The molecule has 0 N–H and O–H groups in total. The molecule has 0 unspecified atom stereocenters. The Kier molecular flexibility index (Phi) is 5.76. The predicted molar refractivity (Wildman–Crippen MR) is 103 cm³/mol. The van der Waals surface area contributed by atoms with Crippen molar-refractivity contribution in [3.05, 3.63) is 60.4 Å². The zero-order valence-electron chi connectivity index (χ0n) is 15.4. The van der Waals surface area contributed by atoms with Crippen LogP contribution in [0.25, 0.3) is 22.2 Å². The summed E-state index contributed by atoms with van der Waals surface area (Å²) in [5.41, 5.74) is 2.89. The molecular weight excluding hydrogens is 342 g/mol. The molecule has 0 bridgehead atoms. The number of esters is 1. The third kappa shape index (κ3) is 4.28. The van der Waals surface area contributed by atoms with Gasteiger partial charge >= 0.3 is 5.97 Å². The highest BCUT2D eigenvalue weighted by Gasteiger charge is 2.17. The van der Waals surface area contributed by atoms with Crippen molar-refractivity contribution in [3.8, 4) is 11.3 Å². The Bertz CT molecular complexity index is 957. The van der Waals surface area contributed by atoms with Crippen molar-refractivity contribution in [2.45, 2.75) is 12.8 Å². The van der Waals surface area contributed by atoms with Crippen molar-refractivity contribution in [2.24, 2.45) is 0 Å². The maximum atomic E-state index is 13.1. The van der Waals surface area contributed by atoms with E-state index in [1.165, 1.54) is 7.11 Å². The van der Waals surface area contributed by atoms with Crippen LogP contribution in [-0.2, 0) is 9.53 Å². The molecule has 1 aromatic carbocycles. The summed E-state index contributed by atoms with van der Waals surface area (Å²) in [5, 5.41) is 0.801. The number of ether oxygens (including phenoxy) is 1. The SMILES string of the molecule is COC(=O)CCCN(C)C(=O)c1cc(-c2cccnc2)nc2ccccc12. The fraction of sp³-hybridized carbons (Fsp3) is 0.238. The highest BCUT2D eigenvalue weighted by Crippen LogP contribution is 2.25. The van der Waals surface area contributed by atoms with E-state index >= 15 is 0 Å². The van der Waals surface area contributed by atoms with Crippen LogP contribution in [0.2, 0.25) is 0 Å². The largest absolute Gasteiger partial charge is 0.469 e. The zero-order valence-corrected chi connectivity index (χ0v) is 15.4. The van der Waals surface area contributed by atoms with Gasteiger partial charge in [0.1, 0.15) is 0 Å². The van der Waals surface area contributed by atoms with Crippen molar-refractivity contribution in [1.29, 1.82) is 0 Å². The van der Waals surface area contributed by atoms with Crippen LogP contribution in [-0.4, -0.2) is 47.4 Å². The summed E-state index contributed by atoms with van der Waals surface area (Å²) in [4.78, 5) is 34.8. The molecule has 0 fully saturated rings. The third-order valence-electron chi connectivity index (χ3n) is 4.35. The van der Waals surface area contributed by atoms with E-state index in [2.05, 4.69) is 14.7 Å². The first-order valence-corrected chi connectivity index (χ1v) is 8.72. The number of carbonyl (C=O) groups is 2. The number of methoxy groups -OCH3 is 1. The molecule has 2 aromatic heterocycles. The Morgan fingerprint density at radius 3 is 2.70 bits per heavy atom. The second kappa shape index (κ2) is 8.40. The van der Waals surface area contributed by atoms with Gasteiger partial charge in [-0.05, 0) is 30.7 Å². The number of hydrogen-bond acceptors (Lipinski definition) is 5. The monoisotopic (exact) mass is 363 g/mol. The Hall–Kier alpha value is -3.28. The fourth-order valence-corrected chi connectivity index (χ4v) is 2.88. The van der Waals surface area contributed by atoms with Crippen LogP contribution < -0.4 is 0 Å². The third-order valence-corrected chi connectivity index (χ3v) is 4.35. The van der Waals surface area contributed by atoms with Gasteiger partial charge in [-0.1, -0.05) is 18.2 Å². The average molecular weight is 363 g/mol. The smallest absolute Gasteiger partial charge is 0.305 e. The molecule has 3 rings (SSSR count). The summed E-state index contributed by atoms with van der Waals surface area (Å²) < 4.78 is 4.64. The number of carbonyl (C=O) groups excluding carboxylic acids is 2. The van der Waals surface area contributed by atoms with Crippen LogP contribution in [0.15, 0.2) is 54.9 Å². The van der Waals surface area contributed by atoms with Gasteiger partial charge in [0.15, 0.2) is 0 Å². The molecule has 0 saturated heterocycles. The van der Waals surface area contributed by atoms with Crippen LogP contribution in [0.1, 0.15) is 23.2 Å². The molecular formula is C21H21N3O3. The molecule has 0 atom stereocenters. The summed E-state index contributed by atoms with van der Waals surface area (Å²) >= 11 is 0. The van der Waals surface area contributed by atoms with E-state index in [0.717, 1.165) is 16.5 Å². The first-order chi connectivity index (χ1) is 13.1. The van der Waals surface area contributed by atoms with Gasteiger partial charge in [0, 0.05) is 43.4 Å². The molecule has 0 spiro atoms. The normalized spacial score (nSPS) is 10.6. The lowest BCUT2D eigenvalue weighted by atomic mass is 10.0. The van der Waals surface area contributed by atoms with Crippen molar-refractivity contribution in [2.75, 3.05) is 20.7 Å². The van der Waals surface area contributed by atoms with E-state index in [1.807, 2.05) is 36.4 Å². The molecule has 0 aliphatic carbocycles. The molecule has 2 heterocycles. The van der Waals surface area contributed by atoms with Gasteiger partial charge < -0.3 is 9.64 Å². The quantitative estimate of drug-likeness (QED) is 0.628. The number of fused-ring (bicyclic) bond motifs is 1. The number of amides is 1. The van der Waals surface area contributed by atoms with Gasteiger partial charge in [-0.25, -0.2) is 4.98 Å². The molecule has 138 valence electrons. The Morgan fingerprint density at radius 1 is 1.15 bits per heavy atom. The van der Waals surface area contributed by atoms with Crippen molar-refractivity contribution < 1.29 is 14.3 Å². The Balaban J connectivity index is 1.92. The molecule has 0 aliphatic rings. The number of benzene rings is 1. The second-order valence-electron chi connectivity index (χ2n) is 6.22. The lowest BCUT2D eigenvalue weighted by Gasteiger charge is -2.18. The highest BCUT2D eigenvalue weighted by atomic mass is 16.5. The number of aromatic nitrogens is 2. The molecule has 6 heteroatoms. The summed E-state index contributed by atoms with van der Waals surface area (Å²) in [6, 6.07) is 13.1. The molecule has 0 radical (unpaired) electrons. The lowest BCUT2D eigenvalue weighted by Crippen LogP contribution is -2.28. The highest BCUT2D eigenvalue weighted by molar-refractivity contribution is 6.07. The summed E-state index contributed by atoms with van der Waals surface area (Å²) in [6.45, 7) is 0.465. The molecule has 27 heavy (non-hydrogen) atoms. The number of rotatable bonds is 6. The van der Waals surface area contributed by atoms with E-state index < -0.39 is 0 Å². The zero-order chi connectivity index (χ0) is 19.2. The van der Waals surface area contributed by atoms with E-state index in [4.69, 9.17) is 0 Å². The van der Waals surface area contributed by atoms with Gasteiger partial charge in [-0.3, -0.25) is 14.6 Å². The second-order valence-corrected chi connectivity index (χ2v) is 6.22. The Morgan fingerprint density at radius 2 is 1.96 bits per heavy atom. The fourth-order valence-electron chi connectivity index (χ4n) is 2.88. The van der Waals surface area contributed by atoms with Crippen LogP contribution >= 0.6 is 0 Å². The molecule has 1 amide bonds. The van der Waals surface area contributed by atoms with Crippen LogP contribution in [0.5, 0.6) is 0 Å². The standard InChI is InChI=1S/C21H21N3O3/c1-24(12-6-10-20(25)27-2)21(26)17-13-19(15-7-5-11-22-14-15)23-18-9-4-3-8-16(17)18/h3-5,7-9,11,13-14H,6,10,12H2,1-2H3. The minimum absolute atomic E-state index is 0.108. The summed E-state index contributed by atoms with van der Waals surface area (Å²) in [6.07, 6.45) is 4.26. The van der Waals surface area contributed by atoms with Crippen LogP contribution in [0, 0.1) is 0 Å². The number of para-hydroxylation sites is 1. The van der Waals surface area contributed by atoms with Crippen LogP contribution in [0.4, 0.5) is 0 Å². The van der Waals surface area contributed by atoms with Crippen LogP contribution in [0.3, 0.4) is 0 Å². The topological polar surface area (TPSA) is 72.4 Å². The first-order valence-electron chi connectivity index (χ1n) is 8.72. The summed E-state index contributed by atoms with van der Waals surface area (Å²) in [7, 11) is 3.10. The van der Waals surface area contributed by atoms with Crippen molar-refractivity contribution >= 4 is 22.8 Å². The van der Waals surface area contributed by atoms with Gasteiger partial charge in [0.05, 0.1) is 23.9 Å².